The fourth-order valence-corrected chi connectivity index (χ4v) is 4.30. The minimum Gasteiger partial charge on any atom is -0.386 e. The number of carbonyl (C=O) groups excluding carboxylic acids is 4. The van der Waals surface area contributed by atoms with E-state index in [9.17, 15) is 45.5 Å². The van der Waals surface area contributed by atoms with Crippen molar-refractivity contribution in [3.05, 3.63) is 68.8 Å². The summed E-state index contributed by atoms with van der Waals surface area (Å²) in [5, 5.41) is 0. The number of cyclic esters (lactones) is 4. The van der Waals surface area contributed by atoms with Gasteiger partial charge in [-0.2, -0.15) is 26.3 Å². The van der Waals surface area contributed by atoms with E-state index in [1.165, 1.54) is 0 Å². The van der Waals surface area contributed by atoms with Crippen molar-refractivity contribution in [2.24, 2.45) is 0 Å². The van der Waals surface area contributed by atoms with Crippen LogP contribution in [0, 0.1) is 0 Å². The molecule has 6 nitrogen and oxygen atoms in total. The van der Waals surface area contributed by atoms with E-state index in [2.05, 4.69) is 9.47 Å². The van der Waals surface area contributed by atoms with Crippen LogP contribution in [0.25, 0.3) is 0 Å². The first kappa shape index (κ1) is 22.0. The molecule has 1 aliphatic carbocycles. The largest absolute Gasteiger partial charge is 0.431 e. The Labute approximate surface area is 181 Å². The van der Waals surface area contributed by atoms with Gasteiger partial charge in [-0.05, 0) is 24.3 Å². The molecule has 0 aromatic heterocycles. The highest BCUT2D eigenvalue weighted by atomic mass is 19.4. The summed E-state index contributed by atoms with van der Waals surface area (Å²) in [4.78, 5) is 47.2. The van der Waals surface area contributed by atoms with Crippen LogP contribution in [-0.4, -0.2) is 36.2 Å². The van der Waals surface area contributed by atoms with E-state index in [1.54, 1.807) is 0 Å². The molecule has 0 amide bonds. The van der Waals surface area contributed by atoms with Gasteiger partial charge in [-0.3, -0.25) is 0 Å². The Balaban J connectivity index is 2.00. The maximum atomic E-state index is 16.0. The predicted octanol–water partition coefficient (Wildman–Crippen LogP) is 4.17. The van der Waals surface area contributed by atoms with Gasteiger partial charge in [-0.25, -0.2) is 28.0 Å². The normalized spacial score (nSPS) is 25.4. The van der Waals surface area contributed by atoms with Crippen molar-refractivity contribution < 1.29 is 63.8 Å². The first-order valence-electron chi connectivity index (χ1n) is 8.95. The molecule has 34 heavy (non-hydrogen) atoms. The van der Waals surface area contributed by atoms with Crippen molar-refractivity contribution in [3.63, 3.8) is 0 Å². The molecule has 2 aromatic carbocycles. The van der Waals surface area contributed by atoms with Crippen molar-refractivity contribution >= 4 is 23.9 Å². The molecule has 3 aliphatic rings. The van der Waals surface area contributed by atoms with Crippen molar-refractivity contribution in [1.82, 2.24) is 0 Å². The van der Waals surface area contributed by atoms with E-state index in [-0.39, 0.29) is 24.3 Å². The zero-order valence-corrected chi connectivity index (χ0v) is 15.8. The third kappa shape index (κ3) is 2.34. The van der Waals surface area contributed by atoms with Gasteiger partial charge in [0, 0.05) is 22.3 Å². The molecule has 5 rings (SSSR count). The molecule has 0 N–H and O–H groups in total. The van der Waals surface area contributed by atoms with Gasteiger partial charge in [0.15, 0.2) is 0 Å². The quantitative estimate of drug-likeness (QED) is 0.312. The number of rotatable bonds is 0. The molecule has 14 heteroatoms. The highest BCUT2D eigenvalue weighted by Crippen LogP contribution is 2.62. The number of ether oxygens (including phenoxy) is 2. The fourth-order valence-electron chi connectivity index (χ4n) is 4.30. The Hall–Kier alpha value is -3.84. The summed E-state index contributed by atoms with van der Waals surface area (Å²) in [6.45, 7) is 0. The number of hydrogen-bond donors (Lipinski definition) is 0. The molecular formula is C20H4F8O6. The standard InChI is InChI=1S/C20H4F8O6/c21-17(19(23,24)25)9-1-5-6(14(30)33-13(5)29)2-10(9)18(22,20(26,27)28)12-4-8-7(3-11(12)17)15(31)34-16(8)32/h1-4H. The van der Waals surface area contributed by atoms with Gasteiger partial charge in [0.05, 0.1) is 22.3 Å². The van der Waals surface area contributed by atoms with Crippen LogP contribution in [0.15, 0.2) is 24.3 Å². The molecule has 0 radical (unpaired) electrons. The number of esters is 4. The van der Waals surface area contributed by atoms with Crippen LogP contribution in [0.3, 0.4) is 0 Å². The van der Waals surface area contributed by atoms with Crippen molar-refractivity contribution in [2.75, 3.05) is 0 Å². The minimum atomic E-state index is -6.06. The first-order chi connectivity index (χ1) is 15.5. The number of alkyl halides is 8. The zero-order valence-electron chi connectivity index (χ0n) is 15.8. The van der Waals surface area contributed by atoms with Crippen molar-refractivity contribution in [3.8, 4) is 0 Å². The Morgan fingerprint density at radius 3 is 0.882 bits per heavy atom. The minimum absolute atomic E-state index is 0.0366. The van der Waals surface area contributed by atoms with E-state index < -0.39 is 92.1 Å². The molecular weight excluding hydrogens is 488 g/mol. The second kappa shape index (κ2) is 5.98. The average Bonchev–Trinajstić information content (AvgIpc) is 3.16. The number of carbonyl (C=O) groups is 4. The lowest BCUT2D eigenvalue weighted by Crippen LogP contribution is -2.52. The highest BCUT2D eigenvalue weighted by Gasteiger charge is 2.71. The monoisotopic (exact) mass is 492 g/mol. The molecule has 0 saturated carbocycles. The van der Waals surface area contributed by atoms with Gasteiger partial charge in [0.1, 0.15) is 0 Å². The lowest BCUT2D eigenvalue weighted by Gasteiger charge is -2.43. The number of hydrogen-bond acceptors (Lipinski definition) is 6. The summed E-state index contributed by atoms with van der Waals surface area (Å²) in [6.07, 6.45) is -12.1. The summed E-state index contributed by atoms with van der Waals surface area (Å²) < 4.78 is 125. The molecule has 0 unspecified atom stereocenters. The maximum absolute atomic E-state index is 16.0. The lowest BCUT2D eigenvalue weighted by molar-refractivity contribution is -0.239. The van der Waals surface area contributed by atoms with Crippen molar-refractivity contribution in [2.45, 2.75) is 23.7 Å². The Morgan fingerprint density at radius 2 is 0.706 bits per heavy atom. The summed E-state index contributed by atoms with van der Waals surface area (Å²) in [5.74, 6) is -6.34. The van der Waals surface area contributed by atoms with Gasteiger partial charge < -0.3 is 9.47 Å². The summed E-state index contributed by atoms with van der Waals surface area (Å²) in [7, 11) is 0. The fraction of sp³-hybridized carbons (Fsp3) is 0.200. The molecule has 176 valence electrons. The molecule has 0 fully saturated rings. The smallest absolute Gasteiger partial charge is 0.386 e. The molecule has 2 aliphatic heterocycles. The maximum Gasteiger partial charge on any atom is 0.431 e. The lowest BCUT2D eigenvalue weighted by atomic mass is 9.67. The average molecular weight is 492 g/mol. The van der Waals surface area contributed by atoms with Gasteiger partial charge in [0.2, 0.25) is 0 Å². The van der Waals surface area contributed by atoms with E-state index in [0.717, 1.165) is 0 Å². The predicted molar refractivity (Wildman–Crippen MR) is 88.3 cm³/mol. The van der Waals surface area contributed by atoms with Crippen molar-refractivity contribution in [1.29, 1.82) is 0 Å². The third-order valence-corrected chi connectivity index (χ3v) is 5.83. The van der Waals surface area contributed by atoms with Crippen LogP contribution in [0.2, 0.25) is 0 Å². The van der Waals surface area contributed by atoms with E-state index in [1.807, 2.05) is 0 Å². The SMILES string of the molecule is O=C1OC(=O)c2cc3c(cc21)C(F)(C(F)(F)F)c1cc2c(cc1C3(F)C(F)(F)F)C(=O)OC2=O. The van der Waals surface area contributed by atoms with Crippen LogP contribution in [0.5, 0.6) is 0 Å². The van der Waals surface area contributed by atoms with Gasteiger partial charge in [-0.15, -0.1) is 0 Å². The summed E-state index contributed by atoms with van der Waals surface area (Å²) in [5.41, 5.74) is -21.8. The summed E-state index contributed by atoms with van der Waals surface area (Å²) in [6, 6.07) is -0.146. The molecule has 0 spiro atoms. The Morgan fingerprint density at radius 1 is 0.500 bits per heavy atom. The van der Waals surface area contributed by atoms with Crippen LogP contribution in [0.4, 0.5) is 35.1 Å². The molecule has 2 heterocycles. The van der Waals surface area contributed by atoms with Crippen LogP contribution in [0.1, 0.15) is 63.7 Å². The number of fused-ring (bicyclic) bond motifs is 4. The Bertz CT molecular complexity index is 1200. The molecule has 0 saturated heterocycles. The third-order valence-electron chi connectivity index (χ3n) is 5.83. The van der Waals surface area contributed by atoms with E-state index in [4.69, 9.17) is 0 Å². The number of benzene rings is 2. The van der Waals surface area contributed by atoms with Crippen LogP contribution < -0.4 is 0 Å². The van der Waals surface area contributed by atoms with Gasteiger partial charge in [-0.1, -0.05) is 0 Å². The van der Waals surface area contributed by atoms with E-state index >= 15 is 8.78 Å². The first-order valence-corrected chi connectivity index (χ1v) is 8.95. The Kier molecular flexibility index (Phi) is 3.87. The summed E-state index contributed by atoms with van der Waals surface area (Å²) >= 11 is 0. The van der Waals surface area contributed by atoms with Gasteiger partial charge >= 0.3 is 36.2 Å². The molecule has 2 aromatic rings. The second-order valence-corrected chi connectivity index (χ2v) is 7.55. The van der Waals surface area contributed by atoms with Crippen LogP contribution >= 0.6 is 0 Å². The van der Waals surface area contributed by atoms with E-state index in [0.29, 0.717) is 0 Å². The molecule has 0 atom stereocenters. The zero-order chi connectivity index (χ0) is 25.2. The second-order valence-electron chi connectivity index (χ2n) is 7.55. The topological polar surface area (TPSA) is 86.7 Å². The van der Waals surface area contributed by atoms with Crippen LogP contribution in [-0.2, 0) is 20.8 Å². The number of halogens is 8. The van der Waals surface area contributed by atoms with Gasteiger partial charge in [0.25, 0.3) is 11.3 Å². The highest BCUT2D eigenvalue weighted by molar-refractivity contribution is 6.16. The molecule has 0 bridgehead atoms.